The van der Waals surface area contributed by atoms with E-state index in [1.54, 1.807) is 12.1 Å². The highest BCUT2D eigenvalue weighted by Gasteiger charge is 2.37. The zero-order valence-corrected chi connectivity index (χ0v) is 9.73. The maximum Gasteiger partial charge on any atom is 0.179 e. The molecule has 1 atom stereocenters. The number of nitrogens with zero attached hydrogens (tertiary/aromatic N) is 1. The molecule has 3 aliphatic rings. The van der Waals surface area contributed by atoms with Gasteiger partial charge in [0.1, 0.15) is 5.82 Å². The molecular formula is C14H16FNO. The molecule has 1 aromatic carbocycles. The summed E-state index contributed by atoms with van der Waals surface area (Å²) in [7, 11) is 0. The van der Waals surface area contributed by atoms with E-state index in [0.717, 1.165) is 25.4 Å². The van der Waals surface area contributed by atoms with Crippen molar-refractivity contribution < 1.29 is 9.18 Å². The van der Waals surface area contributed by atoms with Gasteiger partial charge in [0.25, 0.3) is 0 Å². The van der Waals surface area contributed by atoms with Crippen LogP contribution in [-0.2, 0) is 0 Å². The van der Waals surface area contributed by atoms with Crippen molar-refractivity contribution in [1.82, 2.24) is 4.90 Å². The van der Waals surface area contributed by atoms with E-state index >= 15 is 0 Å². The number of hydrogen-bond acceptors (Lipinski definition) is 2. The lowest BCUT2D eigenvalue weighted by Crippen LogP contribution is -2.52. The molecule has 4 rings (SSSR count). The van der Waals surface area contributed by atoms with Crippen molar-refractivity contribution >= 4 is 5.78 Å². The number of carbonyl (C=O) groups excluding carboxylic acids is 1. The maximum absolute atomic E-state index is 12.8. The Morgan fingerprint density at radius 1 is 1.18 bits per heavy atom. The zero-order chi connectivity index (χ0) is 11.8. The second-order valence-electron chi connectivity index (χ2n) is 5.10. The van der Waals surface area contributed by atoms with Crippen LogP contribution in [0.1, 0.15) is 29.6 Å². The number of fused-ring (bicyclic) bond motifs is 3. The topological polar surface area (TPSA) is 20.3 Å². The molecule has 0 spiro atoms. The van der Waals surface area contributed by atoms with Gasteiger partial charge in [-0.3, -0.25) is 9.69 Å². The predicted molar refractivity (Wildman–Crippen MR) is 63.4 cm³/mol. The Hall–Kier alpha value is -1.22. The summed E-state index contributed by atoms with van der Waals surface area (Å²) in [5.74, 6) is 0.593. The van der Waals surface area contributed by atoms with Gasteiger partial charge in [0.05, 0.1) is 6.04 Å². The van der Waals surface area contributed by atoms with Crippen LogP contribution < -0.4 is 0 Å². The lowest BCUT2D eigenvalue weighted by molar-refractivity contribution is 0.0407. The van der Waals surface area contributed by atoms with Crippen LogP contribution in [-0.4, -0.2) is 29.8 Å². The summed E-state index contributed by atoms with van der Waals surface area (Å²) in [6.45, 7) is 2.09. The molecular weight excluding hydrogens is 217 g/mol. The Morgan fingerprint density at radius 2 is 1.82 bits per heavy atom. The van der Waals surface area contributed by atoms with Crippen LogP contribution >= 0.6 is 0 Å². The Labute approximate surface area is 100 Å². The number of Topliss-reactive ketones (excluding diaryl/α,β-unsaturated/α-hetero) is 1. The smallest absolute Gasteiger partial charge is 0.179 e. The molecule has 1 aromatic rings. The normalized spacial score (nSPS) is 31.5. The highest BCUT2D eigenvalue weighted by Crippen LogP contribution is 2.33. The number of rotatable bonds is 2. The Morgan fingerprint density at radius 3 is 2.35 bits per heavy atom. The number of benzene rings is 1. The molecule has 0 radical (unpaired) electrons. The summed E-state index contributed by atoms with van der Waals surface area (Å²) in [4.78, 5) is 14.6. The van der Waals surface area contributed by atoms with Gasteiger partial charge in [-0.15, -0.1) is 0 Å². The van der Waals surface area contributed by atoms with Crippen molar-refractivity contribution in [1.29, 1.82) is 0 Å². The fraction of sp³-hybridized carbons (Fsp3) is 0.500. The van der Waals surface area contributed by atoms with E-state index in [1.165, 1.54) is 25.0 Å². The van der Waals surface area contributed by atoms with E-state index in [-0.39, 0.29) is 17.6 Å². The first-order valence-corrected chi connectivity index (χ1v) is 6.28. The molecule has 0 amide bonds. The third-order valence-electron chi connectivity index (χ3n) is 4.08. The number of hydrogen-bond donors (Lipinski definition) is 0. The highest BCUT2D eigenvalue weighted by atomic mass is 19.1. The fourth-order valence-corrected chi connectivity index (χ4v) is 3.04. The highest BCUT2D eigenvalue weighted by molar-refractivity contribution is 6.00. The number of carbonyl (C=O) groups is 1. The van der Waals surface area contributed by atoms with E-state index in [4.69, 9.17) is 0 Å². The van der Waals surface area contributed by atoms with Crippen LogP contribution in [0.25, 0.3) is 0 Å². The van der Waals surface area contributed by atoms with Crippen molar-refractivity contribution in [2.45, 2.75) is 25.3 Å². The summed E-state index contributed by atoms with van der Waals surface area (Å²) in [5, 5.41) is 0. The molecule has 0 N–H and O–H groups in total. The third kappa shape index (κ3) is 2.00. The molecule has 17 heavy (non-hydrogen) atoms. The molecule has 2 bridgehead atoms. The van der Waals surface area contributed by atoms with Gasteiger partial charge in [0.15, 0.2) is 5.78 Å². The lowest BCUT2D eigenvalue weighted by Gasteiger charge is -2.44. The molecule has 0 saturated carbocycles. The molecule has 0 aromatic heterocycles. The lowest BCUT2D eigenvalue weighted by atomic mass is 9.81. The van der Waals surface area contributed by atoms with Crippen LogP contribution in [0.15, 0.2) is 24.3 Å². The molecule has 2 nitrogen and oxygen atoms in total. The van der Waals surface area contributed by atoms with E-state index < -0.39 is 0 Å². The second-order valence-corrected chi connectivity index (χ2v) is 5.10. The minimum Gasteiger partial charge on any atom is -0.293 e. The first-order valence-electron chi connectivity index (χ1n) is 6.28. The summed E-state index contributed by atoms with van der Waals surface area (Å²) < 4.78 is 12.8. The molecule has 3 aliphatic heterocycles. The van der Waals surface area contributed by atoms with Crippen LogP contribution in [0.3, 0.4) is 0 Å². The summed E-state index contributed by atoms with van der Waals surface area (Å²) in [5.41, 5.74) is 0.643. The van der Waals surface area contributed by atoms with Crippen LogP contribution in [0, 0.1) is 11.7 Å². The molecule has 90 valence electrons. The molecule has 0 aliphatic carbocycles. The van der Waals surface area contributed by atoms with E-state index in [2.05, 4.69) is 4.90 Å². The zero-order valence-electron chi connectivity index (χ0n) is 9.73. The minimum atomic E-state index is -0.285. The average molecular weight is 233 g/mol. The summed E-state index contributed by atoms with van der Waals surface area (Å²) in [6.07, 6.45) is 3.44. The SMILES string of the molecule is O=C(c1ccc(F)cc1)C1CC2CCN1CC2. The van der Waals surface area contributed by atoms with Crippen LogP contribution in [0.5, 0.6) is 0 Å². The van der Waals surface area contributed by atoms with E-state index in [0.29, 0.717) is 5.56 Å². The Balaban J connectivity index is 1.80. The van der Waals surface area contributed by atoms with E-state index in [1.807, 2.05) is 0 Å². The number of ketones is 1. The van der Waals surface area contributed by atoms with Crippen LogP contribution in [0.2, 0.25) is 0 Å². The molecule has 1 unspecified atom stereocenters. The monoisotopic (exact) mass is 233 g/mol. The van der Waals surface area contributed by atoms with Gasteiger partial charge < -0.3 is 0 Å². The Bertz CT molecular complexity index is 420. The van der Waals surface area contributed by atoms with Crippen molar-refractivity contribution in [3.8, 4) is 0 Å². The summed E-state index contributed by atoms with van der Waals surface area (Å²) in [6, 6.07) is 5.96. The largest absolute Gasteiger partial charge is 0.293 e. The van der Waals surface area contributed by atoms with Gasteiger partial charge >= 0.3 is 0 Å². The summed E-state index contributed by atoms with van der Waals surface area (Å²) >= 11 is 0. The fourth-order valence-electron chi connectivity index (χ4n) is 3.04. The molecule has 3 heteroatoms. The van der Waals surface area contributed by atoms with Crippen molar-refractivity contribution in [2.75, 3.05) is 13.1 Å². The quantitative estimate of drug-likeness (QED) is 0.731. The van der Waals surface area contributed by atoms with Gasteiger partial charge in [-0.2, -0.15) is 0 Å². The minimum absolute atomic E-state index is 0.0351. The molecule has 3 saturated heterocycles. The van der Waals surface area contributed by atoms with Crippen LogP contribution in [0.4, 0.5) is 4.39 Å². The van der Waals surface area contributed by atoms with Gasteiger partial charge in [-0.05, 0) is 62.5 Å². The second kappa shape index (κ2) is 4.22. The predicted octanol–water partition coefficient (Wildman–Crippen LogP) is 2.49. The molecule has 3 fully saturated rings. The first-order chi connectivity index (χ1) is 8.24. The standard InChI is InChI=1S/C14H16FNO/c15-12-3-1-11(2-4-12)14(17)13-9-10-5-7-16(13)8-6-10/h1-4,10,13H,5-9H2. The first kappa shape index (κ1) is 10.9. The van der Waals surface area contributed by atoms with Gasteiger partial charge in [0, 0.05) is 5.56 Å². The van der Waals surface area contributed by atoms with E-state index in [9.17, 15) is 9.18 Å². The maximum atomic E-state index is 12.8. The van der Waals surface area contributed by atoms with Gasteiger partial charge in [-0.1, -0.05) is 0 Å². The van der Waals surface area contributed by atoms with Crippen molar-refractivity contribution in [3.05, 3.63) is 35.6 Å². The van der Waals surface area contributed by atoms with Gasteiger partial charge in [-0.25, -0.2) is 4.39 Å². The van der Waals surface area contributed by atoms with Gasteiger partial charge in [0.2, 0.25) is 0 Å². The number of piperidine rings is 3. The number of halogens is 1. The van der Waals surface area contributed by atoms with Crippen molar-refractivity contribution in [3.63, 3.8) is 0 Å². The molecule has 3 heterocycles. The van der Waals surface area contributed by atoms with Crippen molar-refractivity contribution in [2.24, 2.45) is 5.92 Å². The average Bonchev–Trinajstić information content (AvgIpc) is 2.40. The third-order valence-corrected chi connectivity index (χ3v) is 4.08. The Kier molecular flexibility index (Phi) is 2.71.